The lowest BCUT2D eigenvalue weighted by Crippen LogP contribution is -2.49. The average Bonchev–Trinajstić information content (AvgIpc) is 2.79. The summed E-state index contributed by atoms with van der Waals surface area (Å²) in [7, 11) is 0. The molecule has 3 aromatic rings. The first-order chi connectivity index (χ1) is 14.9. The molecule has 164 valence electrons. The number of rotatable bonds is 6. The molecule has 0 radical (unpaired) electrons. The van der Waals surface area contributed by atoms with Gasteiger partial charge in [-0.1, -0.05) is 6.07 Å². The highest BCUT2D eigenvalue weighted by atomic mass is 16.5. The van der Waals surface area contributed by atoms with Crippen LogP contribution in [0.5, 0.6) is 5.75 Å². The Kier molecular flexibility index (Phi) is 6.25. The molecule has 0 unspecified atom stereocenters. The largest absolute Gasteiger partial charge is 0.490 e. The standard InChI is InChI=1S/C24H29N3O4/c1-16-17(2)24(29)31-23-18(3)21(8-7-20(16)23)30-15-19(28)14-26-10-12-27(13-11-26)22-6-4-5-9-25-22/h4-9,19,28H,10-15H2,1-3H3/t19-/m1/s1. The van der Waals surface area contributed by atoms with Crippen LogP contribution in [-0.2, 0) is 0 Å². The van der Waals surface area contributed by atoms with Crippen LogP contribution in [0, 0.1) is 20.8 Å². The van der Waals surface area contributed by atoms with Crippen LogP contribution in [0.3, 0.4) is 0 Å². The molecule has 1 aliphatic heterocycles. The molecule has 3 heterocycles. The Hall–Kier alpha value is -2.90. The van der Waals surface area contributed by atoms with Gasteiger partial charge in [-0.2, -0.15) is 0 Å². The highest BCUT2D eigenvalue weighted by Crippen LogP contribution is 2.29. The number of aliphatic hydroxyl groups is 1. The van der Waals surface area contributed by atoms with Gasteiger partial charge in [-0.25, -0.2) is 9.78 Å². The van der Waals surface area contributed by atoms with E-state index in [2.05, 4.69) is 14.8 Å². The molecule has 0 saturated carbocycles. The zero-order chi connectivity index (χ0) is 22.0. The summed E-state index contributed by atoms with van der Waals surface area (Å²) in [5.41, 5.74) is 2.54. The summed E-state index contributed by atoms with van der Waals surface area (Å²) in [5.74, 6) is 1.62. The Morgan fingerprint density at radius 2 is 1.84 bits per heavy atom. The maximum Gasteiger partial charge on any atom is 0.339 e. The van der Waals surface area contributed by atoms with E-state index < -0.39 is 6.10 Å². The van der Waals surface area contributed by atoms with E-state index in [4.69, 9.17) is 9.15 Å². The van der Waals surface area contributed by atoms with Gasteiger partial charge in [0.15, 0.2) is 0 Å². The minimum Gasteiger partial charge on any atom is -0.490 e. The number of aliphatic hydroxyl groups excluding tert-OH is 1. The van der Waals surface area contributed by atoms with Crippen molar-refractivity contribution >= 4 is 16.8 Å². The van der Waals surface area contributed by atoms with E-state index in [0.717, 1.165) is 48.5 Å². The van der Waals surface area contributed by atoms with Crippen molar-refractivity contribution in [1.29, 1.82) is 0 Å². The van der Waals surface area contributed by atoms with Gasteiger partial charge in [0.05, 0.1) is 0 Å². The summed E-state index contributed by atoms with van der Waals surface area (Å²) < 4.78 is 11.4. The Labute approximate surface area is 181 Å². The van der Waals surface area contributed by atoms with Gasteiger partial charge in [0.1, 0.15) is 29.9 Å². The smallest absolute Gasteiger partial charge is 0.339 e. The van der Waals surface area contributed by atoms with Crippen LogP contribution in [0.1, 0.15) is 16.7 Å². The third-order valence-electron chi connectivity index (χ3n) is 6.07. The highest BCUT2D eigenvalue weighted by Gasteiger charge is 2.21. The third-order valence-corrected chi connectivity index (χ3v) is 6.07. The predicted molar refractivity (Wildman–Crippen MR) is 121 cm³/mol. The second kappa shape index (κ2) is 9.08. The van der Waals surface area contributed by atoms with Crippen molar-refractivity contribution in [3.05, 3.63) is 63.6 Å². The molecule has 1 atom stereocenters. The number of piperazine rings is 1. The van der Waals surface area contributed by atoms with Gasteiger partial charge in [-0.15, -0.1) is 0 Å². The maximum absolute atomic E-state index is 12.1. The monoisotopic (exact) mass is 423 g/mol. The van der Waals surface area contributed by atoms with Crippen LogP contribution in [-0.4, -0.2) is 60.4 Å². The van der Waals surface area contributed by atoms with Crippen molar-refractivity contribution in [1.82, 2.24) is 9.88 Å². The molecule has 1 aromatic carbocycles. The van der Waals surface area contributed by atoms with E-state index >= 15 is 0 Å². The highest BCUT2D eigenvalue weighted by molar-refractivity contribution is 5.85. The Bertz CT molecular complexity index is 1110. The first-order valence-corrected chi connectivity index (χ1v) is 10.7. The van der Waals surface area contributed by atoms with Crippen molar-refractivity contribution < 1.29 is 14.3 Å². The van der Waals surface area contributed by atoms with E-state index in [1.54, 1.807) is 6.92 Å². The fourth-order valence-electron chi connectivity index (χ4n) is 4.02. The number of fused-ring (bicyclic) bond motifs is 1. The number of aryl methyl sites for hydroxylation is 2. The molecular formula is C24H29N3O4. The van der Waals surface area contributed by atoms with Gasteiger partial charge in [0.25, 0.3) is 0 Å². The molecule has 7 heteroatoms. The lowest BCUT2D eigenvalue weighted by atomic mass is 10.0. The summed E-state index contributed by atoms with van der Waals surface area (Å²) in [4.78, 5) is 21.0. The number of hydrogen-bond donors (Lipinski definition) is 1. The van der Waals surface area contributed by atoms with Gasteiger partial charge in [0, 0.05) is 55.4 Å². The van der Waals surface area contributed by atoms with Crippen molar-refractivity contribution in [2.75, 3.05) is 44.2 Å². The van der Waals surface area contributed by atoms with Crippen molar-refractivity contribution in [3.63, 3.8) is 0 Å². The summed E-state index contributed by atoms with van der Waals surface area (Å²) in [6.07, 6.45) is 1.20. The number of ether oxygens (including phenoxy) is 1. The lowest BCUT2D eigenvalue weighted by molar-refractivity contribution is 0.0660. The van der Waals surface area contributed by atoms with Gasteiger partial charge in [-0.05, 0) is 50.6 Å². The molecule has 7 nitrogen and oxygen atoms in total. The zero-order valence-corrected chi connectivity index (χ0v) is 18.3. The summed E-state index contributed by atoms with van der Waals surface area (Å²) in [6, 6.07) is 9.73. The van der Waals surface area contributed by atoms with E-state index in [1.165, 1.54) is 0 Å². The lowest BCUT2D eigenvalue weighted by Gasteiger charge is -2.36. The Balaban J connectivity index is 1.33. The van der Waals surface area contributed by atoms with Crippen LogP contribution in [0.15, 0.2) is 45.7 Å². The van der Waals surface area contributed by atoms with E-state index in [1.807, 2.05) is 50.4 Å². The number of hydrogen-bond acceptors (Lipinski definition) is 7. The van der Waals surface area contributed by atoms with E-state index in [9.17, 15) is 9.90 Å². The number of β-amino-alcohol motifs (C(OH)–C–C–N with tert-alkyl or cyclic N) is 1. The maximum atomic E-state index is 12.1. The van der Waals surface area contributed by atoms with Crippen LogP contribution in [0.2, 0.25) is 0 Å². The molecule has 0 spiro atoms. The third kappa shape index (κ3) is 4.57. The van der Waals surface area contributed by atoms with E-state index in [0.29, 0.717) is 23.4 Å². The fourth-order valence-corrected chi connectivity index (χ4v) is 4.02. The molecule has 1 aliphatic rings. The number of nitrogens with zero attached hydrogens (tertiary/aromatic N) is 3. The molecule has 2 aromatic heterocycles. The minimum atomic E-state index is -0.608. The number of anilines is 1. The molecule has 31 heavy (non-hydrogen) atoms. The van der Waals surface area contributed by atoms with E-state index in [-0.39, 0.29) is 12.2 Å². The molecule has 0 amide bonds. The summed E-state index contributed by atoms with van der Waals surface area (Å²) >= 11 is 0. The molecule has 1 N–H and O–H groups in total. The van der Waals surface area contributed by atoms with Gasteiger partial charge < -0.3 is 19.2 Å². The predicted octanol–water partition coefficient (Wildman–Crippen LogP) is 2.68. The molecule has 1 fully saturated rings. The molecule has 0 aliphatic carbocycles. The van der Waals surface area contributed by atoms with Crippen LogP contribution in [0.25, 0.3) is 11.0 Å². The number of pyridine rings is 1. The van der Waals surface area contributed by atoms with Crippen LogP contribution >= 0.6 is 0 Å². The van der Waals surface area contributed by atoms with Crippen molar-refractivity contribution in [2.45, 2.75) is 26.9 Å². The van der Waals surface area contributed by atoms with Crippen molar-refractivity contribution in [3.8, 4) is 5.75 Å². The Morgan fingerprint density at radius 1 is 1.06 bits per heavy atom. The second-order valence-corrected chi connectivity index (χ2v) is 8.15. The SMILES string of the molecule is Cc1c(C)c2ccc(OC[C@H](O)CN3CCN(c4ccccn4)CC3)c(C)c2oc1=O. The Morgan fingerprint density at radius 3 is 2.55 bits per heavy atom. The van der Waals surface area contributed by atoms with Gasteiger partial charge in [-0.3, -0.25) is 4.90 Å². The molecular weight excluding hydrogens is 394 g/mol. The molecule has 0 bridgehead atoms. The zero-order valence-electron chi connectivity index (χ0n) is 18.3. The molecule has 4 rings (SSSR count). The topological polar surface area (TPSA) is 79.0 Å². The normalized spacial score (nSPS) is 15.9. The number of benzene rings is 1. The summed E-state index contributed by atoms with van der Waals surface area (Å²) in [6.45, 7) is 9.80. The van der Waals surface area contributed by atoms with Gasteiger partial charge in [0.2, 0.25) is 0 Å². The quantitative estimate of drug-likeness (QED) is 0.611. The second-order valence-electron chi connectivity index (χ2n) is 8.15. The van der Waals surface area contributed by atoms with Crippen LogP contribution < -0.4 is 15.3 Å². The summed E-state index contributed by atoms with van der Waals surface area (Å²) in [5, 5.41) is 11.4. The molecule has 1 saturated heterocycles. The fraction of sp³-hybridized carbons (Fsp3) is 0.417. The van der Waals surface area contributed by atoms with Gasteiger partial charge >= 0.3 is 5.63 Å². The van der Waals surface area contributed by atoms with Crippen molar-refractivity contribution in [2.24, 2.45) is 0 Å². The first kappa shape index (κ1) is 21.3. The minimum absolute atomic E-state index is 0.182. The first-order valence-electron chi connectivity index (χ1n) is 10.7. The van der Waals surface area contributed by atoms with Crippen LogP contribution in [0.4, 0.5) is 5.82 Å². The average molecular weight is 424 g/mol. The number of aromatic nitrogens is 1.